The summed E-state index contributed by atoms with van der Waals surface area (Å²) in [5.74, 6) is -30.6. The summed E-state index contributed by atoms with van der Waals surface area (Å²) in [6.07, 6.45) is -7.40. The van der Waals surface area contributed by atoms with Crippen molar-refractivity contribution in [3.05, 3.63) is 30.3 Å². The minimum absolute atomic E-state index is 0.662. The fourth-order valence-electron chi connectivity index (χ4n) is 1.46. The van der Waals surface area contributed by atoms with Crippen LogP contribution in [0.25, 0.3) is 0 Å². The third-order valence-corrected chi connectivity index (χ3v) is 3.91. The summed E-state index contributed by atoms with van der Waals surface area (Å²) in [7, 11) is 0. The highest BCUT2D eigenvalue weighted by molar-refractivity contribution is 8.00. The Balaban J connectivity index is 3.38. The Morgan fingerprint density at radius 1 is 0.500 bits per heavy atom. The maximum atomic E-state index is 13.5. The van der Waals surface area contributed by atoms with Gasteiger partial charge in [-0.2, -0.15) is 57.1 Å². The first-order chi connectivity index (χ1) is 11.3. The zero-order valence-electron chi connectivity index (χ0n) is 11.7. The first-order valence-electron chi connectivity index (χ1n) is 6.03. The predicted octanol–water partition coefficient (Wildman–Crippen LogP) is 6.48. The Morgan fingerprint density at radius 3 is 1.27 bits per heavy atom. The van der Waals surface area contributed by atoms with E-state index >= 15 is 0 Å². The van der Waals surface area contributed by atoms with E-state index in [0.717, 1.165) is 12.1 Å². The number of hydrogen-bond donors (Lipinski definition) is 0. The smallest absolute Gasteiger partial charge is 0.192 e. The third-order valence-electron chi connectivity index (χ3n) is 2.89. The van der Waals surface area contributed by atoms with Gasteiger partial charge in [0.2, 0.25) is 0 Å². The number of thioether (sulfide) groups is 1. The van der Waals surface area contributed by atoms with Gasteiger partial charge >= 0.3 is 35.1 Å². The number of rotatable bonds is 6. The summed E-state index contributed by atoms with van der Waals surface area (Å²) in [5, 5.41) is -6.16. The fraction of sp³-hybridized carbons (Fsp3) is 0.500. The van der Waals surface area contributed by atoms with Gasteiger partial charge in [0.05, 0.1) is 0 Å². The van der Waals surface area contributed by atoms with Crippen LogP contribution in [0, 0.1) is 0 Å². The minimum atomic E-state index is -7.87. The molecule has 0 fully saturated rings. The van der Waals surface area contributed by atoms with E-state index in [9.17, 15) is 57.1 Å². The lowest BCUT2D eigenvalue weighted by molar-refractivity contribution is -0.433. The molecule has 0 heterocycles. The lowest BCUT2D eigenvalue weighted by Gasteiger charge is -2.39. The predicted molar refractivity (Wildman–Crippen MR) is 63.1 cm³/mol. The summed E-state index contributed by atoms with van der Waals surface area (Å²) in [4.78, 5) is -0.862. The van der Waals surface area contributed by atoms with Crippen LogP contribution >= 0.6 is 11.8 Å². The van der Waals surface area contributed by atoms with Gasteiger partial charge in [-0.25, -0.2) is 0 Å². The molecule has 150 valence electrons. The zero-order valence-corrected chi connectivity index (χ0v) is 12.5. The van der Waals surface area contributed by atoms with Crippen molar-refractivity contribution in [3.8, 4) is 0 Å². The molecule has 0 amide bonds. The molecule has 26 heavy (non-hydrogen) atoms. The second kappa shape index (κ2) is 6.37. The summed E-state index contributed by atoms with van der Waals surface area (Å²) < 4.78 is 167. The maximum Gasteiger partial charge on any atom is 0.460 e. The van der Waals surface area contributed by atoms with Crippen LogP contribution in [0.1, 0.15) is 0 Å². The molecule has 0 aromatic heterocycles. The van der Waals surface area contributed by atoms with E-state index in [2.05, 4.69) is 0 Å². The van der Waals surface area contributed by atoms with Gasteiger partial charge in [-0.05, 0) is 23.9 Å². The largest absolute Gasteiger partial charge is 0.460 e. The molecular formula is C12H5F13S. The minimum Gasteiger partial charge on any atom is -0.192 e. The van der Waals surface area contributed by atoms with E-state index in [1.54, 1.807) is 0 Å². The van der Waals surface area contributed by atoms with Crippen molar-refractivity contribution in [2.75, 3.05) is 0 Å². The van der Waals surface area contributed by atoms with Crippen molar-refractivity contribution in [2.24, 2.45) is 0 Å². The number of hydrogen-bond acceptors (Lipinski definition) is 1. The van der Waals surface area contributed by atoms with E-state index in [-0.39, 0.29) is 0 Å². The monoisotopic (exact) mass is 428 g/mol. The molecule has 0 bridgehead atoms. The second-order valence-electron chi connectivity index (χ2n) is 4.73. The van der Waals surface area contributed by atoms with E-state index < -0.39 is 51.8 Å². The van der Waals surface area contributed by atoms with Crippen molar-refractivity contribution >= 4 is 11.8 Å². The molecule has 0 N–H and O–H groups in total. The van der Waals surface area contributed by atoms with Gasteiger partial charge in [0.15, 0.2) is 0 Å². The molecule has 0 nitrogen and oxygen atoms in total. The Morgan fingerprint density at radius 2 is 0.885 bits per heavy atom. The van der Waals surface area contributed by atoms with Gasteiger partial charge in [0, 0.05) is 4.90 Å². The average Bonchev–Trinajstić information content (AvgIpc) is 2.45. The summed E-state index contributed by atoms with van der Waals surface area (Å²) >= 11 is -1.41. The first-order valence-corrected chi connectivity index (χ1v) is 6.84. The summed E-state index contributed by atoms with van der Waals surface area (Å²) in [5.41, 5.74) is 0. The van der Waals surface area contributed by atoms with Gasteiger partial charge in [-0.1, -0.05) is 18.2 Å². The van der Waals surface area contributed by atoms with E-state index in [4.69, 9.17) is 0 Å². The van der Waals surface area contributed by atoms with Gasteiger partial charge in [-0.3, -0.25) is 0 Å². The Kier molecular flexibility index (Phi) is 5.56. The highest BCUT2D eigenvalue weighted by Gasteiger charge is 2.90. The quantitative estimate of drug-likeness (QED) is 0.370. The van der Waals surface area contributed by atoms with Gasteiger partial charge in [0.1, 0.15) is 0 Å². The van der Waals surface area contributed by atoms with E-state index in [0.29, 0.717) is 12.1 Å². The first kappa shape index (κ1) is 22.7. The highest BCUT2D eigenvalue weighted by Crippen LogP contribution is 2.62. The van der Waals surface area contributed by atoms with Crippen LogP contribution in [0.2, 0.25) is 0 Å². The molecular weight excluding hydrogens is 423 g/mol. The van der Waals surface area contributed by atoms with Crippen LogP contribution in [0.15, 0.2) is 35.2 Å². The van der Waals surface area contributed by atoms with Crippen molar-refractivity contribution in [1.82, 2.24) is 0 Å². The molecule has 0 saturated heterocycles. The molecule has 0 saturated carbocycles. The molecule has 0 unspecified atom stereocenters. The summed E-state index contributed by atoms with van der Waals surface area (Å²) in [6, 6.07) is 4.42. The number of benzene rings is 1. The van der Waals surface area contributed by atoms with Crippen molar-refractivity contribution in [3.63, 3.8) is 0 Å². The van der Waals surface area contributed by atoms with E-state index in [1.165, 1.54) is 6.07 Å². The standard InChI is InChI=1S/C12H5F13S/c13-7(14,9(17,18)11(21,22)23)8(15,16)10(19,20)12(24,25)26-6-4-2-1-3-5-6/h1-5H. The number of alkyl halides is 13. The molecule has 0 atom stereocenters. The van der Waals surface area contributed by atoms with Crippen molar-refractivity contribution in [2.45, 2.75) is 40.0 Å². The lowest BCUT2D eigenvalue weighted by atomic mass is 9.98. The third kappa shape index (κ3) is 3.31. The van der Waals surface area contributed by atoms with E-state index in [1.807, 2.05) is 0 Å². The molecule has 0 aliphatic heterocycles. The molecule has 0 spiro atoms. The fourth-order valence-corrected chi connectivity index (χ4v) is 2.30. The Bertz CT molecular complexity index is 620. The Labute approximate surface area is 140 Å². The Hall–Kier alpha value is -1.34. The van der Waals surface area contributed by atoms with Crippen LogP contribution in [0.4, 0.5) is 57.1 Å². The van der Waals surface area contributed by atoms with Gasteiger partial charge in [0.25, 0.3) is 0 Å². The topological polar surface area (TPSA) is 0 Å². The van der Waals surface area contributed by atoms with Crippen LogP contribution in [0.3, 0.4) is 0 Å². The molecule has 1 rings (SSSR count). The maximum absolute atomic E-state index is 13.5. The SMILES string of the molecule is FC(F)(F)C(F)(F)C(F)(F)C(F)(F)C(F)(F)C(F)(F)Sc1ccccc1. The molecule has 0 aliphatic carbocycles. The van der Waals surface area contributed by atoms with Crippen LogP contribution in [0.5, 0.6) is 0 Å². The lowest BCUT2D eigenvalue weighted by Crippen LogP contribution is -2.69. The van der Waals surface area contributed by atoms with Gasteiger partial charge < -0.3 is 0 Å². The molecule has 1 aromatic rings. The van der Waals surface area contributed by atoms with Crippen molar-refractivity contribution < 1.29 is 57.1 Å². The second-order valence-corrected chi connectivity index (χ2v) is 5.92. The van der Waals surface area contributed by atoms with Gasteiger partial charge in [-0.15, -0.1) is 0 Å². The normalized spacial score (nSPS) is 15.3. The summed E-state index contributed by atoms with van der Waals surface area (Å²) in [6.45, 7) is 0. The average molecular weight is 428 g/mol. The molecule has 1 aromatic carbocycles. The van der Waals surface area contributed by atoms with Crippen molar-refractivity contribution in [1.29, 1.82) is 0 Å². The van der Waals surface area contributed by atoms with Crippen LogP contribution < -0.4 is 0 Å². The molecule has 0 radical (unpaired) electrons. The highest BCUT2D eigenvalue weighted by atomic mass is 32.2. The molecule has 14 heteroatoms. The molecule has 0 aliphatic rings. The van der Waals surface area contributed by atoms with Crippen LogP contribution in [-0.4, -0.2) is 35.1 Å². The zero-order chi connectivity index (χ0) is 20.8. The number of halogens is 13. The van der Waals surface area contributed by atoms with Crippen LogP contribution in [-0.2, 0) is 0 Å².